The molecule has 1 N–H and O–H groups in total. The Balaban J connectivity index is 1.55. The molecule has 2 aromatic carbocycles. The van der Waals surface area contributed by atoms with Crippen molar-refractivity contribution in [2.45, 2.75) is 18.7 Å². The highest BCUT2D eigenvalue weighted by Crippen LogP contribution is 2.29. The van der Waals surface area contributed by atoms with Crippen LogP contribution in [0.1, 0.15) is 17.2 Å². The molecule has 1 fully saturated rings. The van der Waals surface area contributed by atoms with Crippen LogP contribution in [-0.2, 0) is 20.9 Å². The van der Waals surface area contributed by atoms with E-state index in [4.69, 9.17) is 16.3 Å². The number of benzene rings is 2. The van der Waals surface area contributed by atoms with Crippen LogP contribution in [0.25, 0.3) is 10.9 Å². The van der Waals surface area contributed by atoms with Crippen molar-refractivity contribution in [3.63, 3.8) is 0 Å². The summed E-state index contributed by atoms with van der Waals surface area (Å²) in [5, 5.41) is 4.33. The molecule has 3 aromatic rings. The monoisotopic (exact) mass is 409 g/mol. The van der Waals surface area contributed by atoms with Crippen molar-refractivity contribution in [3.8, 4) is 0 Å². The summed E-state index contributed by atoms with van der Waals surface area (Å²) < 4.78 is 5.63. The highest BCUT2D eigenvalue weighted by Gasteiger charge is 2.38. The van der Waals surface area contributed by atoms with Crippen LogP contribution in [0, 0.1) is 0 Å². The number of hydrogen-bond acceptors (Lipinski definition) is 4. The number of morpholine rings is 1. The molecule has 0 spiro atoms. The maximum Gasteiger partial charge on any atom is 0.254 e. The Morgan fingerprint density at radius 2 is 2.00 bits per heavy atom. The number of rotatable bonds is 4. The first kappa shape index (κ1) is 19.4. The second-order valence-corrected chi connectivity index (χ2v) is 7.44. The third-order valence-electron chi connectivity index (χ3n) is 4.94. The fourth-order valence-electron chi connectivity index (χ4n) is 3.51. The number of nitrogens with zero attached hydrogens (tertiary/aromatic N) is 2. The van der Waals surface area contributed by atoms with Gasteiger partial charge in [-0.25, -0.2) is 0 Å². The smallest absolute Gasteiger partial charge is 0.254 e. The van der Waals surface area contributed by atoms with Gasteiger partial charge in [-0.15, -0.1) is 0 Å². The number of ether oxygens (including phenoxy) is 1. The van der Waals surface area contributed by atoms with E-state index < -0.39 is 12.1 Å². The van der Waals surface area contributed by atoms with E-state index in [0.717, 1.165) is 16.5 Å². The second-order valence-electron chi connectivity index (χ2n) is 7.03. The molecule has 1 aliphatic heterocycles. The summed E-state index contributed by atoms with van der Waals surface area (Å²) in [6.45, 7) is 0.211. The first-order chi connectivity index (χ1) is 14.0. The van der Waals surface area contributed by atoms with Gasteiger partial charge < -0.3 is 15.0 Å². The molecule has 2 atom stereocenters. The molecule has 0 saturated carbocycles. The number of hydrogen-bond donors (Lipinski definition) is 1. The Morgan fingerprint density at radius 1 is 1.24 bits per heavy atom. The number of halogens is 1. The van der Waals surface area contributed by atoms with Crippen LogP contribution in [0.5, 0.6) is 0 Å². The third-order valence-corrected chi connectivity index (χ3v) is 5.28. The number of carbonyl (C=O) groups is 2. The Hall–Kier alpha value is -2.96. The first-order valence-electron chi connectivity index (χ1n) is 9.27. The zero-order valence-electron chi connectivity index (χ0n) is 15.8. The van der Waals surface area contributed by atoms with Gasteiger partial charge in [-0.2, -0.15) is 0 Å². The average molecular weight is 410 g/mol. The minimum atomic E-state index is -0.856. The van der Waals surface area contributed by atoms with E-state index in [9.17, 15) is 9.59 Å². The van der Waals surface area contributed by atoms with Gasteiger partial charge in [0.15, 0.2) is 6.10 Å². The molecule has 148 valence electrons. The number of fused-ring (bicyclic) bond motifs is 1. The molecular formula is C22H20ClN3O3. The van der Waals surface area contributed by atoms with Crippen molar-refractivity contribution in [2.24, 2.45) is 0 Å². The lowest BCUT2D eigenvalue weighted by atomic mass is 9.98. The van der Waals surface area contributed by atoms with E-state index in [1.54, 1.807) is 36.3 Å². The van der Waals surface area contributed by atoms with E-state index >= 15 is 0 Å². The van der Waals surface area contributed by atoms with Crippen molar-refractivity contribution >= 4 is 34.3 Å². The van der Waals surface area contributed by atoms with Gasteiger partial charge in [-0.1, -0.05) is 48.0 Å². The van der Waals surface area contributed by atoms with Crippen LogP contribution in [0.4, 0.5) is 0 Å². The molecule has 0 bridgehead atoms. The molecule has 0 radical (unpaired) electrons. The summed E-state index contributed by atoms with van der Waals surface area (Å²) in [5.74, 6) is -0.511. The molecule has 4 rings (SSSR count). The van der Waals surface area contributed by atoms with Gasteiger partial charge in [0.25, 0.3) is 5.91 Å². The molecule has 29 heavy (non-hydrogen) atoms. The van der Waals surface area contributed by atoms with E-state index in [1.807, 2.05) is 36.4 Å². The van der Waals surface area contributed by atoms with Gasteiger partial charge in [0.1, 0.15) is 6.61 Å². The van der Waals surface area contributed by atoms with E-state index in [1.165, 1.54) is 0 Å². The van der Waals surface area contributed by atoms with Crippen molar-refractivity contribution in [2.75, 3.05) is 13.7 Å². The van der Waals surface area contributed by atoms with Crippen LogP contribution in [0.2, 0.25) is 5.02 Å². The quantitative estimate of drug-likeness (QED) is 0.718. The van der Waals surface area contributed by atoms with Crippen molar-refractivity contribution in [1.82, 2.24) is 15.2 Å². The highest BCUT2D eigenvalue weighted by molar-refractivity contribution is 6.31. The minimum absolute atomic E-state index is 0.164. The Kier molecular flexibility index (Phi) is 5.47. The molecular weight excluding hydrogens is 390 g/mol. The zero-order chi connectivity index (χ0) is 20.4. The largest absolute Gasteiger partial charge is 0.356 e. The van der Waals surface area contributed by atoms with Gasteiger partial charge in [0.05, 0.1) is 11.6 Å². The third kappa shape index (κ3) is 4.09. The molecule has 1 saturated heterocycles. The fraction of sp³-hybridized carbons (Fsp3) is 0.227. The number of carbonyl (C=O) groups excluding carboxylic acids is 2. The summed E-state index contributed by atoms with van der Waals surface area (Å²) in [6, 6.07) is 16.3. The first-order valence-corrected chi connectivity index (χ1v) is 9.65. The minimum Gasteiger partial charge on any atom is -0.356 e. The van der Waals surface area contributed by atoms with Crippen LogP contribution >= 0.6 is 11.6 Å². The summed E-state index contributed by atoms with van der Waals surface area (Å²) in [6.07, 6.45) is 0.910. The summed E-state index contributed by atoms with van der Waals surface area (Å²) in [7, 11) is 1.71. The van der Waals surface area contributed by atoms with Gasteiger partial charge in [-0.05, 0) is 29.3 Å². The van der Waals surface area contributed by atoms with Crippen LogP contribution in [-0.4, -0.2) is 41.5 Å². The van der Waals surface area contributed by atoms with E-state index in [-0.39, 0.29) is 18.4 Å². The Morgan fingerprint density at radius 3 is 2.83 bits per heavy atom. The van der Waals surface area contributed by atoms with E-state index in [2.05, 4.69) is 10.3 Å². The van der Waals surface area contributed by atoms with Crippen LogP contribution in [0.15, 0.2) is 60.8 Å². The molecule has 1 aromatic heterocycles. The maximum absolute atomic E-state index is 13.2. The van der Waals surface area contributed by atoms with Crippen molar-refractivity contribution in [1.29, 1.82) is 0 Å². The highest BCUT2D eigenvalue weighted by atomic mass is 35.5. The molecule has 2 amide bonds. The lowest BCUT2D eigenvalue weighted by Crippen LogP contribution is -2.52. The normalized spacial score (nSPS) is 19.0. The Labute approximate surface area is 173 Å². The fourth-order valence-corrected chi connectivity index (χ4v) is 3.76. The number of amides is 2. The Bertz CT molecular complexity index is 1070. The topological polar surface area (TPSA) is 71.5 Å². The maximum atomic E-state index is 13.2. The molecule has 0 unspecified atom stereocenters. The number of nitrogens with one attached hydrogen (secondary N) is 1. The van der Waals surface area contributed by atoms with Crippen molar-refractivity contribution in [3.05, 3.63) is 76.9 Å². The van der Waals surface area contributed by atoms with Gasteiger partial charge in [0, 0.05) is 30.2 Å². The predicted octanol–water partition coefficient (Wildman–Crippen LogP) is 3.10. The number of pyridine rings is 1. The lowest BCUT2D eigenvalue weighted by molar-refractivity contribution is -0.154. The summed E-state index contributed by atoms with van der Waals surface area (Å²) in [4.78, 5) is 31.1. The lowest BCUT2D eigenvalue weighted by Gasteiger charge is -2.34. The average Bonchev–Trinajstić information content (AvgIpc) is 2.73. The number of likely N-dealkylation sites (N-methyl/N-ethyl adjacent to an activating group) is 1. The van der Waals surface area contributed by atoms with Gasteiger partial charge >= 0.3 is 0 Å². The molecule has 1 aliphatic rings. The summed E-state index contributed by atoms with van der Waals surface area (Å²) in [5.41, 5.74) is 2.47. The number of para-hydroxylation sites is 1. The van der Waals surface area contributed by atoms with Gasteiger partial charge in [0.2, 0.25) is 5.91 Å². The van der Waals surface area contributed by atoms with E-state index in [0.29, 0.717) is 17.1 Å². The standard InChI is InChI=1S/C22H20ClN3O3/c1-26(12-14-10-15-6-2-5-9-18(15)24-11-14)22(28)21-20(25-19(27)13-29-21)16-7-3-4-8-17(16)23/h2-11,20-21H,12-13H2,1H3,(H,25,27)/t20-,21+/m1/s1. The number of aromatic nitrogens is 1. The van der Waals surface area contributed by atoms with Crippen molar-refractivity contribution < 1.29 is 14.3 Å². The zero-order valence-corrected chi connectivity index (χ0v) is 16.6. The molecule has 0 aliphatic carbocycles. The van der Waals surface area contributed by atoms with Gasteiger partial charge in [-0.3, -0.25) is 14.6 Å². The predicted molar refractivity (Wildman–Crippen MR) is 110 cm³/mol. The summed E-state index contributed by atoms with van der Waals surface area (Å²) >= 11 is 6.30. The molecule has 6 nitrogen and oxygen atoms in total. The molecule has 7 heteroatoms. The van der Waals surface area contributed by atoms with Crippen LogP contribution < -0.4 is 5.32 Å². The SMILES string of the molecule is CN(Cc1cnc2ccccc2c1)C(=O)[C@H]1OCC(=O)N[C@@H]1c1ccccc1Cl. The second kappa shape index (κ2) is 8.19. The molecule has 2 heterocycles. The van der Waals surface area contributed by atoms with Crippen LogP contribution in [0.3, 0.4) is 0 Å².